The summed E-state index contributed by atoms with van der Waals surface area (Å²) < 4.78 is 5.89. The van der Waals surface area contributed by atoms with Crippen LogP contribution in [-0.4, -0.2) is 18.8 Å². The summed E-state index contributed by atoms with van der Waals surface area (Å²) in [7, 11) is 0. The second kappa shape index (κ2) is 5.99. The number of hydrogen-bond donors (Lipinski definition) is 2. The molecule has 3 heteroatoms. The first-order chi connectivity index (χ1) is 7.49. The summed E-state index contributed by atoms with van der Waals surface area (Å²) in [6.45, 7) is 9.47. The Labute approximate surface area is 100 Å². The first-order valence-corrected chi connectivity index (χ1v) is 6.56. The van der Waals surface area contributed by atoms with Gasteiger partial charge in [0, 0.05) is 12.6 Å². The molecule has 0 amide bonds. The zero-order valence-corrected chi connectivity index (χ0v) is 11.3. The lowest BCUT2D eigenvalue weighted by Crippen LogP contribution is -2.52. The third-order valence-electron chi connectivity index (χ3n) is 3.59. The highest BCUT2D eigenvalue weighted by Crippen LogP contribution is 2.34. The summed E-state index contributed by atoms with van der Waals surface area (Å²) >= 11 is 0. The second-order valence-corrected chi connectivity index (χ2v) is 6.05. The van der Waals surface area contributed by atoms with Gasteiger partial charge in [-0.15, -0.1) is 0 Å². The molecule has 16 heavy (non-hydrogen) atoms. The van der Waals surface area contributed by atoms with Gasteiger partial charge >= 0.3 is 0 Å². The Morgan fingerprint density at radius 2 is 2.00 bits per heavy atom. The summed E-state index contributed by atoms with van der Waals surface area (Å²) in [5.74, 6) is 6.55. The van der Waals surface area contributed by atoms with Gasteiger partial charge < -0.3 is 4.74 Å². The fourth-order valence-corrected chi connectivity index (χ4v) is 2.52. The molecule has 1 fully saturated rings. The molecule has 0 aliphatic heterocycles. The molecule has 0 aromatic carbocycles. The lowest BCUT2D eigenvalue weighted by molar-refractivity contribution is -0.0429. The maximum absolute atomic E-state index is 5.89. The molecule has 0 saturated heterocycles. The van der Waals surface area contributed by atoms with E-state index < -0.39 is 0 Å². The molecule has 96 valence electrons. The van der Waals surface area contributed by atoms with Crippen LogP contribution in [0.2, 0.25) is 0 Å². The number of nitrogens with two attached hydrogens (primary N) is 1. The zero-order chi connectivity index (χ0) is 12.2. The molecule has 2 unspecified atom stereocenters. The number of hydrogen-bond acceptors (Lipinski definition) is 3. The molecule has 1 saturated carbocycles. The number of rotatable bonds is 6. The molecule has 0 radical (unpaired) electrons. The first-order valence-electron chi connectivity index (χ1n) is 6.56. The Hall–Kier alpha value is -0.120. The topological polar surface area (TPSA) is 47.3 Å². The molecule has 2 atom stereocenters. The molecule has 3 N–H and O–H groups in total. The van der Waals surface area contributed by atoms with Crippen LogP contribution >= 0.6 is 0 Å². The number of nitrogens with one attached hydrogen (secondary N) is 1. The molecule has 0 bridgehead atoms. The maximum Gasteiger partial charge on any atom is 0.0789 e. The van der Waals surface area contributed by atoms with Crippen molar-refractivity contribution in [1.82, 2.24) is 5.43 Å². The Bertz CT molecular complexity index is 197. The molecule has 3 nitrogen and oxygen atoms in total. The van der Waals surface area contributed by atoms with Crippen LogP contribution in [0.1, 0.15) is 53.4 Å². The van der Waals surface area contributed by atoms with Crippen molar-refractivity contribution in [3.05, 3.63) is 0 Å². The van der Waals surface area contributed by atoms with Crippen molar-refractivity contribution in [2.24, 2.45) is 17.2 Å². The molecule has 0 aromatic heterocycles. The summed E-state index contributed by atoms with van der Waals surface area (Å²) in [5, 5.41) is 0. The third kappa shape index (κ3) is 3.72. The van der Waals surface area contributed by atoms with Crippen molar-refractivity contribution in [2.75, 3.05) is 6.61 Å². The van der Waals surface area contributed by atoms with Crippen molar-refractivity contribution in [2.45, 2.75) is 65.5 Å². The van der Waals surface area contributed by atoms with E-state index in [1.165, 1.54) is 19.3 Å². The van der Waals surface area contributed by atoms with E-state index in [1.807, 2.05) is 0 Å². The second-order valence-electron chi connectivity index (χ2n) is 6.05. The van der Waals surface area contributed by atoms with Gasteiger partial charge in [-0.25, -0.2) is 0 Å². The molecule has 0 heterocycles. The normalized spacial score (nSPS) is 21.6. The first kappa shape index (κ1) is 13.9. The lowest BCUT2D eigenvalue weighted by atomic mass is 9.76. The largest absolute Gasteiger partial charge is 0.376 e. The maximum atomic E-state index is 5.89. The minimum Gasteiger partial charge on any atom is -0.376 e. The van der Waals surface area contributed by atoms with Gasteiger partial charge in [-0.2, -0.15) is 0 Å². The van der Waals surface area contributed by atoms with Crippen molar-refractivity contribution in [1.29, 1.82) is 0 Å². The van der Waals surface area contributed by atoms with Crippen LogP contribution in [0, 0.1) is 11.3 Å². The SMILES string of the molecule is CCOC(C(CC1CCC1)NN)C(C)(C)C. The Kier molecular flexibility index (Phi) is 5.22. The predicted octanol–water partition coefficient (Wildman–Crippen LogP) is 2.46. The van der Waals surface area contributed by atoms with E-state index in [0.717, 1.165) is 18.9 Å². The summed E-state index contributed by atoms with van der Waals surface area (Å²) in [6.07, 6.45) is 5.46. The highest BCUT2D eigenvalue weighted by atomic mass is 16.5. The van der Waals surface area contributed by atoms with Crippen molar-refractivity contribution in [3.63, 3.8) is 0 Å². The Morgan fingerprint density at radius 1 is 1.38 bits per heavy atom. The average Bonchev–Trinajstić information content (AvgIpc) is 2.12. The van der Waals surface area contributed by atoms with Gasteiger partial charge in [0.15, 0.2) is 0 Å². The highest BCUT2D eigenvalue weighted by Gasteiger charge is 2.34. The van der Waals surface area contributed by atoms with Gasteiger partial charge in [0.1, 0.15) is 0 Å². The van der Waals surface area contributed by atoms with Crippen LogP contribution in [0.4, 0.5) is 0 Å². The minimum absolute atomic E-state index is 0.136. The van der Waals surface area contributed by atoms with E-state index in [0.29, 0.717) is 0 Å². The van der Waals surface area contributed by atoms with E-state index in [1.54, 1.807) is 0 Å². The van der Waals surface area contributed by atoms with Gasteiger partial charge in [-0.05, 0) is 24.7 Å². The van der Waals surface area contributed by atoms with Gasteiger partial charge in [-0.1, -0.05) is 40.0 Å². The van der Waals surface area contributed by atoms with E-state index in [-0.39, 0.29) is 17.6 Å². The van der Waals surface area contributed by atoms with Crippen LogP contribution < -0.4 is 11.3 Å². The summed E-state index contributed by atoms with van der Waals surface area (Å²) in [6, 6.07) is 0.283. The molecule has 1 aliphatic carbocycles. The fraction of sp³-hybridized carbons (Fsp3) is 1.00. The van der Waals surface area contributed by atoms with Gasteiger partial charge in [0.25, 0.3) is 0 Å². The minimum atomic E-state index is 0.136. The molecular weight excluding hydrogens is 200 g/mol. The van der Waals surface area contributed by atoms with Gasteiger partial charge in [0.05, 0.1) is 6.10 Å². The van der Waals surface area contributed by atoms with Crippen molar-refractivity contribution < 1.29 is 4.74 Å². The van der Waals surface area contributed by atoms with Gasteiger partial charge in [0.2, 0.25) is 0 Å². The quantitative estimate of drug-likeness (QED) is 0.542. The molecule has 0 aromatic rings. The molecular formula is C13H28N2O. The molecule has 0 spiro atoms. The van der Waals surface area contributed by atoms with E-state index in [4.69, 9.17) is 10.6 Å². The van der Waals surface area contributed by atoms with E-state index in [9.17, 15) is 0 Å². The third-order valence-corrected chi connectivity index (χ3v) is 3.59. The van der Waals surface area contributed by atoms with Crippen molar-refractivity contribution in [3.8, 4) is 0 Å². The number of ether oxygens (including phenoxy) is 1. The average molecular weight is 228 g/mol. The zero-order valence-electron chi connectivity index (χ0n) is 11.3. The summed E-state index contributed by atoms with van der Waals surface area (Å²) in [4.78, 5) is 0. The fourth-order valence-electron chi connectivity index (χ4n) is 2.52. The van der Waals surface area contributed by atoms with E-state index >= 15 is 0 Å². The predicted molar refractivity (Wildman–Crippen MR) is 67.9 cm³/mol. The Morgan fingerprint density at radius 3 is 2.31 bits per heavy atom. The standard InChI is InChI=1S/C13H28N2O/c1-5-16-12(13(2,3)4)11(15-14)9-10-7-6-8-10/h10-12,15H,5-9,14H2,1-4H3. The van der Waals surface area contributed by atoms with Crippen LogP contribution in [0.15, 0.2) is 0 Å². The van der Waals surface area contributed by atoms with Crippen LogP contribution in [0.3, 0.4) is 0 Å². The molecule has 1 rings (SSSR count). The number of hydrazine groups is 1. The monoisotopic (exact) mass is 228 g/mol. The van der Waals surface area contributed by atoms with Crippen LogP contribution in [-0.2, 0) is 4.74 Å². The Balaban J connectivity index is 2.56. The highest BCUT2D eigenvalue weighted by molar-refractivity contribution is 4.88. The lowest BCUT2D eigenvalue weighted by Gasteiger charge is -2.39. The smallest absolute Gasteiger partial charge is 0.0789 e. The van der Waals surface area contributed by atoms with Crippen LogP contribution in [0.5, 0.6) is 0 Å². The van der Waals surface area contributed by atoms with E-state index in [2.05, 4.69) is 33.1 Å². The molecule has 1 aliphatic rings. The summed E-state index contributed by atoms with van der Waals surface area (Å²) in [5.41, 5.74) is 3.10. The van der Waals surface area contributed by atoms with Crippen LogP contribution in [0.25, 0.3) is 0 Å². The van der Waals surface area contributed by atoms with Gasteiger partial charge in [-0.3, -0.25) is 11.3 Å². The van der Waals surface area contributed by atoms with Crippen molar-refractivity contribution >= 4 is 0 Å².